The Morgan fingerprint density at radius 3 is 2.56 bits per heavy atom. The molecule has 0 atom stereocenters. The van der Waals surface area contributed by atoms with Crippen LogP contribution in [-0.2, 0) is 11.3 Å². The van der Waals surface area contributed by atoms with E-state index < -0.39 is 0 Å². The number of amides is 1. The largest absolute Gasteiger partial charge is 0.495 e. The van der Waals surface area contributed by atoms with Gasteiger partial charge in [-0.25, -0.2) is 4.39 Å². The van der Waals surface area contributed by atoms with Gasteiger partial charge in [0.25, 0.3) is 0 Å². The number of nitrogens with zero attached hydrogens (tertiary/aromatic N) is 3. The third-order valence-corrected chi connectivity index (χ3v) is 6.06. The zero-order valence-corrected chi connectivity index (χ0v) is 19.7. The van der Waals surface area contributed by atoms with Crippen molar-refractivity contribution in [2.24, 2.45) is 0 Å². The summed E-state index contributed by atoms with van der Waals surface area (Å²) in [5.41, 5.74) is 2.02. The van der Waals surface area contributed by atoms with Crippen LogP contribution in [0.4, 0.5) is 15.8 Å². The first kappa shape index (κ1) is 23.6. The number of methoxy groups -OCH3 is 1. The van der Waals surface area contributed by atoms with E-state index >= 15 is 0 Å². The van der Waals surface area contributed by atoms with E-state index in [0.717, 1.165) is 11.4 Å². The second-order valence-electron chi connectivity index (χ2n) is 7.08. The highest BCUT2D eigenvalue weighted by Gasteiger charge is 2.19. The van der Waals surface area contributed by atoms with E-state index in [4.69, 9.17) is 16.3 Å². The average Bonchev–Trinajstić information content (AvgIpc) is 3.26. The minimum absolute atomic E-state index is 0.101. The molecule has 0 aliphatic heterocycles. The molecule has 174 valence electrons. The molecule has 0 aliphatic rings. The van der Waals surface area contributed by atoms with E-state index in [9.17, 15) is 9.18 Å². The molecule has 0 radical (unpaired) electrons. The highest BCUT2D eigenvalue weighted by atomic mass is 35.5. The first-order valence-electron chi connectivity index (χ1n) is 10.3. The molecule has 0 spiro atoms. The fourth-order valence-corrected chi connectivity index (χ4v) is 4.14. The minimum atomic E-state index is -0.309. The van der Waals surface area contributed by atoms with Crippen LogP contribution in [0.1, 0.15) is 5.82 Å². The molecule has 0 fully saturated rings. The summed E-state index contributed by atoms with van der Waals surface area (Å²) in [7, 11) is 1.59. The lowest BCUT2D eigenvalue weighted by Crippen LogP contribution is -2.15. The van der Waals surface area contributed by atoms with Gasteiger partial charge in [-0.1, -0.05) is 47.6 Å². The number of nitrogens with one attached hydrogen (secondary N) is 2. The number of thioether (sulfide) groups is 1. The summed E-state index contributed by atoms with van der Waals surface area (Å²) in [6.07, 6.45) is 0. The number of hydrogen-bond donors (Lipinski definition) is 2. The van der Waals surface area contributed by atoms with E-state index in [0.29, 0.717) is 34.0 Å². The molecule has 7 nitrogen and oxygen atoms in total. The maximum absolute atomic E-state index is 13.2. The van der Waals surface area contributed by atoms with Crippen molar-refractivity contribution in [1.82, 2.24) is 14.8 Å². The number of para-hydroxylation sites is 3. The molecule has 1 heterocycles. The lowest BCUT2D eigenvalue weighted by molar-refractivity contribution is -0.113. The number of benzene rings is 3. The van der Waals surface area contributed by atoms with Crippen molar-refractivity contribution < 1.29 is 13.9 Å². The van der Waals surface area contributed by atoms with Crippen molar-refractivity contribution >= 4 is 40.6 Å². The van der Waals surface area contributed by atoms with Crippen LogP contribution in [0.25, 0.3) is 5.69 Å². The monoisotopic (exact) mass is 497 g/mol. The first-order chi connectivity index (χ1) is 16.5. The number of aromatic nitrogens is 3. The summed E-state index contributed by atoms with van der Waals surface area (Å²) < 4.78 is 20.6. The fraction of sp³-hybridized carbons (Fsp3) is 0.125. The maximum Gasteiger partial charge on any atom is 0.234 e. The van der Waals surface area contributed by atoms with Crippen LogP contribution in [0, 0.1) is 5.82 Å². The molecule has 0 saturated heterocycles. The summed E-state index contributed by atoms with van der Waals surface area (Å²) in [5, 5.41) is 15.6. The molecule has 10 heteroatoms. The molecular weight excluding hydrogens is 477 g/mol. The Kier molecular flexibility index (Phi) is 7.66. The molecule has 34 heavy (non-hydrogen) atoms. The third kappa shape index (κ3) is 5.67. The molecule has 0 bridgehead atoms. The van der Waals surface area contributed by atoms with Gasteiger partial charge in [-0.2, -0.15) is 0 Å². The molecule has 1 amide bonds. The molecule has 0 saturated carbocycles. The third-order valence-electron chi connectivity index (χ3n) is 4.80. The Morgan fingerprint density at radius 1 is 1.06 bits per heavy atom. The Labute approximate surface area is 205 Å². The Balaban J connectivity index is 1.56. The molecule has 3 aromatic carbocycles. The summed E-state index contributed by atoms with van der Waals surface area (Å²) in [4.78, 5) is 12.5. The number of carbonyl (C=O) groups is 1. The number of anilines is 2. The Bertz CT molecular complexity index is 1280. The number of hydrogen-bond acceptors (Lipinski definition) is 6. The van der Waals surface area contributed by atoms with Gasteiger partial charge in [0.2, 0.25) is 5.91 Å². The van der Waals surface area contributed by atoms with E-state index in [1.165, 1.54) is 23.9 Å². The summed E-state index contributed by atoms with van der Waals surface area (Å²) in [5.74, 6) is 0.801. The van der Waals surface area contributed by atoms with Crippen LogP contribution >= 0.6 is 23.4 Å². The number of rotatable bonds is 9. The van der Waals surface area contributed by atoms with Crippen molar-refractivity contribution in [3.05, 3.63) is 89.5 Å². The van der Waals surface area contributed by atoms with Crippen LogP contribution in [0.15, 0.2) is 78.0 Å². The van der Waals surface area contributed by atoms with Gasteiger partial charge in [-0.3, -0.25) is 9.36 Å². The van der Waals surface area contributed by atoms with Crippen LogP contribution in [0.2, 0.25) is 5.02 Å². The van der Waals surface area contributed by atoms with Crippen molar-refractivity contribution in [1.29, 1.82) is 0 Å². The van der Waals surface area contributed by atoms with Crippen molar-refractivity contribution in [2.75, 3.05) is 23.5 Å². The van der Waals surface area contributed by atoms with Crippen molar-refractivity contribution in [3.8, 4) is 11.4 Å². The second kappa shape index (κ2) is 11.0. The molecule has 2 N–H and O–H groups in total. The number of halogens is 2. The van der Waals surface area contributed by atoms with E-state index in [-0.39, 0.29) is 17.5 Å². The molecular formula is C24H21ClFN5O2S. The Hall–Kier alpha value is -3.56. The zero-order valence-electron chi connectivity index (χ0n) is 18.2. The molecule has 0 unspecified atom stereocenters. The second-order valence-corrected chi connectivity index (χ2v) is 8.43. The lowest BCUT2D eigenvalue weighted by Gasteiger charge is -2.14. The van der Waals surface area contributed by atoms with Crippen molar-refractivity contribution in [3.63, 3.8) is 0 Å². The number of carbonyl (C=O) groups excluding carboxylic acids is 1. The molecule has 4 rings (SSSR count). The zero-order chi connectivity index (χ0) is 23.9. The fourth-order valence-electron chi connectivity index (χ4n) is 3.19. The number of ether oxygens (including phenoxy) is 1. The standard InChI is InChI=1S/C24H21ClFN5O2S/c1-33-21-9-5-4-8-20(21)31-22(14-27-17-12-10-16(26)11-13-17)29-30-24(31)34-15-23(32)28-19-7-3-2-6-18(19)25/h2-13,27H,14-15H2,1H3,(H,28,32). The lowest BCUT2D eigenvalue weighted by atomic mass is 10.3. The van der Waals surface area contributed by atoms with Crippen molar-refractivity contribution in [2.45, 2.75) is 11.7 Å². The summed E-state index contributed by atoms with van der Waals surface area (Å²) in [6.45, 7) is 0.322. The van der Waals surface area contributed by atoms with Gasteiger partial charge in [0.1, 0.15) is 11.6 Å². The molecule has 1 aromatic heterocycles. The van der Waals surface area contributed by atoms with Crippen LogP contribution < -0.4 is 15.4 Å². The van der Waals surface area contributed by atoms with Gasteiger partial charge in [-0.15, -0.1) is 10.2 Å². The van der Waals surface area contributed by atoms with Gasteiger partial charge in [0, 0.05) is 5.69 Å². The predicted octanol–water partition coefficient (Wildman–Crippen LogP) is 5.41. The predicted molar refractivity (Wildman–Crippen MR) is 132 cm³/mol. The normalized spacial score (nSPS) is 10.7. The average molecular weight is 498 g/mol. The first-order valence-corrected chi connectivity index (χ1v) is 11.7. The minimum Gasteiger partial charge on any atom is -0.495 e. The van der Waals surface area contributed by atoms with Crippen LogP contribution in [-0.4, -0.2) is 33.5 Å². The van der Waals surface area contributed by atoms with Gasteiger partial charge in [0.05, 0.1) is 35.8 Å². The quantitative estimate of drug-likeness (QED) is 0.301. The topological polar surface area (TPSA) is 81.1 Å². The van der Waals surface area contributed by atoms with E-state index in [1.807, 2.05) is 28.8 Å². The molecule has 0 aliphatic carbocycles. The van der Waals surface area contributed by atoms with Gasteiger partial charge in [0.15, 0.2) is 11.0 Å². The smallest absolute Gasteiger partial charge is 0.234 e. The summed E-state index contributed by atoms with van der Waals surface area (Å²) >= 11 is 7.37. The maximum atomic E-state index is 13.2. The van der Waals surface area contributed by atoms with Gasteiger partial charge < -0.3 is 15.4 Å². The Morgan fingerprint density at radius 2 is 1.79 bits per heavy atom. The highest BCUT2D eigenvalue weighted by Crippen LogP contribution is 2.29. The van der Waals surface area contributed by atoms with E-state index in [1.54, 1.807) is 43.5 Å². The van der Waals surface area contributed by atoms with E-state index in [2.05, 4.69) is 20.8 Å². The van der Waals surface area contributed by atoms with Crippen LogP contribution in [0.5, 0.6) is 5.75 Å². The van der Waals surface area contributed by atoms with Crippen LogP contribution in [0.3, 0.4) is 0 Å². The SMILES string of the molecule is COc1ccccc1-n1c(CNc2ccc(F)cc2)nnc1SCC(=O)Nc1ccccc1Cl. The summed E-state index contributed by atoms with van der Waals surface area (Å²) in [6, 6.07) is 20.6. The van der Waals surface area contributed by atoms with Gasteiger partial charge in [-0.05, 0) is 48.5 Å². The van der Waals surface area contributed by atoms with Gasteiger partial charge >= 0.3 is 0 Å². The molecule has 4 aromatic rings. The highest BCUT2D eigenvalue weighted by molar-refractivity contribution is 7.99.